The maximum atomic E-state index is 5.34. The Morgan fingerprint density at radius 2 is 1.65 bits per heavy atom. The smallest absolute Gasteiger partial charge is 0.245 e. The molecule has 9 heteroatoms. The Morgan fingerprint density at radius 3 is 2.22 bits per heavy atom. The van der Waals surface area contributed by atoms with Gasteiger partial charge in [-0.05, 0) is 0 Å². The summed E-state index contributed by atoms with van der Waals surface area (Å²) >= 11 is 4.09. The van der Waals surface area contributed by atoms with Crippen LogP contribution in [0.1, 0.15) is 0 Å². The van der Waals surface area contributed by atoms with E-state index in [1.807, 2.05) is 30.3 Å². The van der Waals surface area contributed by atoms with E-state index in [1.54, 1.807) is 4.57 Å². The second-order valence-corrected chi connectivity index (χ2v) is 4.62. The Bertz CT molecular complexity index is 786. The summed E-state index contributed by atoms with van der Waals surface area (Å²) in [4.78, 5) is 8.26. The minimum atomic E-state index is 0.332. The van der Waals surface area contributed by atoms with Crippen LogP contribution in [-0.4, -0.2) is 39.0 Å². The molecule has 0 spiro atoms. The van der Waals surface area contributed by atoms with Gasteiger partial charge in [0.1, 0.15) is 6.33 Å². The van der Waals surface area contributed by atoms with E-state index >= 15 is 0 Å². The maximum Gasteiger partial charge on any atom is 0.245 e. The molecule has 118 valence electrons. The van der Waals surface area contributed by atoms with Crippen LogP contribution in [0, 0.1) is 0 Å². The van der Waals surface area contributed by atoms with Crippen LogP contribution in [0.4, 0.5) is 5.95 Å². The van der Waals surface area contributed by atoms with Gasteiger partial charge in [-0.2, -0.15) is 9.97 Å². The molecule has 3 rings (SSSR count). The average Bonchev–Trinajstić information content (AvgIpc) is 3.05. The highest BCUT2D eigenvalue weighted by atomic mass is 32.1. The molecule has 0 fully saturated rings. The van der Waals surface area contributed by atoms with Gasteiger partial charge in [0.2, 0.25) is 17.7 Å². The summed E-state index contributed by atoms with van der Waals surface area (Å²) < 4.78 is 15.1. The minimum Gasteiger partial charge on any atom is -0.479 e. The van der Waals surface area contributed by atoms with E-state index in [0.717, 1.165) is 5.56 Å². The second-order valence-electron chi connectivity index (χ2n) is 4.40. The SMILES string of the molecule is COc1ncnc(OC)c1-n1c(NS)nnc1-c1ccccc1. The highest BCUT2D eigenvalue weighted by Crippen LogP contribution is 2.34. The van der Waals surface area contributed by atoms with Crippen molar-refractivity contribution in [2.45, 2.75) is 0 Å². The molecule has 2 aromatic heterocycles. The first-order valence-electron chi connectivity index (χ1n) is 6.64. The Morgan fingerprint density at radius 1 is 1.00 bits per heavy atom. The number of methoxy groups -OCH3 is 2. The number of nitrogens with zero attached hydrogens (tertiary/aromatic N) is 5. The van der Waals surface area contributed by atoms with Crippen molar-refractivity contribution >= 4 is 18.8 Å². The van der Waals surface area contributed by atoms with E-state index in [1.165, 1.54) is 20.5 Å². The number of anilines is 1. The van der Waals surface area contributed by atoms with Crippen LogP contribution in [0.15, 0.2) is 36.7 Å². The molecule has 0 unspecified atom stereocenters. The quantitative estimate of drug-likeness (QED) is 0.692. The topological polar surface area (TPSA) is 87.0 Å². The molecule has 0 aliphatic carbocycles. The molecular formula is C14H14N6O2S. The van der Waals surface area contributed by atoms with Crippen molar-refractivity contribution < 1.29 is 9.47 Å². The number of hydrogen-bond donors (Lipinski definition) is 2. The van der Waals surface area contributed by atoms with Gasteiger partial charge in [0.05, 0.1) is 14.2 Å². The zero-order valence-electron chi connectivity index (χ0n) is 12.5. The Labute approximate surface area is 138 Å². The van der Waals surface area contributed by atoms with E-state index in [0.29, 0.717) is 29.2 Å². The lowest BCUT2D eigenvalue weighted by molar-refractivity contribution is 0.368. The fourth-order valence-electron chi connectivity index (χ4n) is 2.18. The Hall–Kier alpha value is -2.81. The van der Waals surface area contributed by atoms with Gasteiger partial charge in [0.25, 0.3) is 0 Å². The number of ether oxygens (including phenoxy) is 2. The molecule has 1 aromatic carbocycles. The van der Waals surface area contributed by atoms with Crippen LogP contribution in [-0.2, 0) is 0 Å². The summed E-state index contributed by atoms with van der Waals surface area (Å²) in [5.74, 6) is 1.63. The van der Waals surface area contributed by atoms with Gasteiger partial charge < -0.3 is 14.2 Å². The maximum absolute atomic E-state index is 5.34. The molecule has 23 heavy (non-hydrogen) atoms. The third kappa shape index (κ3) is 2.66. The van der Waals surface area contributed by atoms with Gasteiger partial charge in [-0.25, -0.2) is 0 Å². The number of thiol groups is 1. The van der Waals surface area contributed by atoms with Crippen molar-refractivity contribution in [2.75, 3.05) is 18.9 Å². The standard InChI is InChI=1S/C14H14N6O2S/c1-21-12-10(13(22-2)16-8-15-12)20-11(17-18-14(20)19-23)9-6-4-3-5-7-9/h3-8,23H,1-2H3,(H,18,19). The van der Waals surface area contributed by atoms with Crippen LogP contribution >= 0.6 is 12.8 Å². The monoisotopic (exact) mass is 330 g/mol. The fourth-order valence-corrected chi connectivity index (χ4v) is 2.32. The van der Waals surface area contributed by atoms with E-state index < -0.39 is 0 Å². The molecule has 0 amide bonds. The Balaban J connectivity index is 2.31. The van der Waals surface area contributed by atoms with Crippen LogP contribution in [0.25, 0.3) is 17.1 Å². The number of benzene rings is 1. The molecule has 0 bridgehead atoms. The summed E-state index contributed by atoms with van der Waals surface area (Å²) in [5.41, 5.74) is 1.35. The number of rotatable bonds is 5. The van der Waals surface area contributed by atoms with Gasteiger partial charge >= 0.3 is 0 Å². The van der Waals surface area contributed by atoms with Crippen LogP contribution in [0.5, 0.6) is 11.8 Å². The van der Waals surface area contributed by atoms with Crippen LogP contribution in [0.2, 0.25) is 0 Å². The van der Waals surface area contributed by atoms with Crippen LogP contribution < -0.4 is 14.2 Å². The lowest BCUT2D eigenvalue weighted by Gasteiger charge is -2.14. The lowest BCUT2D eigenvalue weighted by Crippen LogP contribution is -2.08. The van der Waals surface area contributed by atoms with Crippen molar-refractivity contribution in [1.29, 1.82) is 0 Å². The van der Waals surface area contributed by atoms with Gasteiger partial charge in [-0.15, -0.1) is 10.2 Å². The minimum absolute atomic E-state index is 0.332. The van der Waals surface area contributed by atoms with E-state index in [2.05, 4.69) is 37.7 Å². The predicted octanol–water partition coefficient (Wildman–Crippen LogP) is 2.00. The highest BCUT2D eigenvalue weighted by Gasteiger charge is 2.23. The molecule has 2 heterocycles. The molecule has 0 radical (unpaired) electrons. The van der Waals surface area contributed by atoms with Crippen molar-refractivity contribution in [3.63, 3.8) is 0 Å². The molecular weight excluding hydrogens is 316 g/mol. The Kier molecular flexibility index (Phi) is 4.29. The first-order valence-corrected chi connectivity index (χ1v) is 7.09. The molecule has 0 saturated heterocycles. The second kappa shape index (κ2) is 6.53. The number of hydrogen-bond acceptors (Lipinski definition) is 8. The molecule has 8 nitrogen and oxygen atoms in total. The molecule has 0 aliphatic heterocycles. The number of nitrogens with one attached hydrogen (secondary N) is 1. The van der Waals surface area contributed by atoms with Gasteiger partial charge in [-0.1, -0.05) is 43.1 Å². The summed E-state index contributed by atoms with van der Waals surface area (Å²) in [5, 5.41) is 8.32. The summed E-state index contributed by atoms with van der Waals surface area (Å²) in [7, 11) is 3.04. The first kappa shape index (κ1) is 15.1. The van der Waals surface area contributed by atoms with Crippen molar-refractivity contribution in [1.82, 2.24) is 24.7 Å². The summed E-state index contributed by atoms with van der Waals surface area (Å²) in [6, 6.07) is 9.60. The molecule has 3 aromatic rings. The number of aromatic nitrogens is 5. The lowest BCUT2D eigenvalue weighted by atomic mass is 10.2. The first-order chi connectivity index (χ1) is 11.3. The molecule has 0 saturated carbocycles. The normalized spacial score (nSPS) is 10.4. The van der Waals surface area contributed by atoms with Gasteiger partial charge in [-0.3, -0.25) is 4.57 Å². The van der Waals surface area contributed by atoms with E-state index in [-0.39, 0.29) is 0 Å². The summed E-state index contributed by atoms with van der Waals surface area (Å²) in [6.07, 6.45) is 1.36. The van der Waals surface area contributed by atoms with Crippen molar-refractivity contribution in [3.8, 4) is 28.8 Å². The van der Waals surface area contributed by atoms with E-state index in [9.17, 15) is 0 Å². The summed E-state index contributed by atoms with van der Waals surface area (Å²) in [6.45, 7) is 0. The average molecular weight is 330 g/mol. The molecule has 0 atom stereocenters. The highest BCUT2D eigenvalue weighted by molar-refractivity contribution is 7.81. The van der Waals surface area contributed by atoms with E-state index in [4.69, 9.17) is 9.47 Å². The zero-order valence-corrected chi connectivity index (χ0v) is 13.4. The van der Waals surface area contributed by atoms with Gasteiger partial charge in [0.15, 0.2) is 11.5 Å². The third-order valence-electron chi connectivity index (χ3n) is 3.16. The van der Waals surface area contributed by atoms with Crippen LogP contribution in [0.3, 0.4) is 0 Å². The fraction of sp³-hybridized carbons (Fsp3) is 0.143. The largest absolute Gasteiger partial charge is 0.479 e. The predicted molar refractivity (Wildman–Crippen MR) is 88.1 cm³/mol. The molecule has 1 N–H and O–H groups in total. The third-order valence-corrected chi connectivity index (χ3v) is 3.36. The van der Waals surface area contributed by atoms with Crippen molar-refractivity contribution in [2.24, 2.45) is 0 Å². The zero-order chi connectivity index (χ0) is 16.2. The van der Waals surface area contributed by atoms with Gasteiger partial charge in [0, 0.05) is 5.56 Å². The molecule has 0 aliphatic rings. The van der Waals surface area contributed by atoms with Crippen molar-refractivity contribution in [3.05, 3.63) is 36.7 Å².